The van der Waals surface area contributed by atoms with Crippen LogP contribution in [0.5, 0.6) is 5.75 Å². The summed E-state index contributed by atoms with van der Waals surface area (Å²) in [5.74, 6) is 0.467. The first-order valence-electron chi connectivity index (χ1n) is 8.93. The van der Waals surface area contributed by atoms with Gasteiger partial charge in [0.1, 0.15) is 19.2 Å². The number of nitrogens with zero attached hydrogens (tertiary/aromatic N) is 2. The molecule has 0 spiro atoms. The average molecular weight is 408 g/mol. The van der Waals surface area contributed by atoms with Gasteiger partial charge < -0.3 is 18.6 Å². The predicted octanol–water partition coefficient (Wildman–Crippen LogP) is 3.36. The van der Waals surface area contributed by atoms with Crippen molar-refractivity contribution in [3.8, 4) is 5.75 Å². The zero-order valence-electron chi connectivity index (χ0n) is 16.1. The highest BCUT2D eigenvalue weighted by Gasteiger charge is 2.15. The Morgan fingerprint density at radius 3 is 2.64 bits per heavy atom. The van der Waals surface area contributed by atoms with Crippen molar-refractivity contribution in [2.75, 3.05) is 32.9 Å². The summed E-state index contributed by atoms with van der Waals surface area (Å²) in [4.78, 5) is 22.4. The third-order valence-electron chi connectivity index (χ3n) is 3.90. The number of aromatic nitrogens is 1. The van der Waals surface area contributed by atoms with Crippen LogP contribution in [-0.4, -0.2) is 42.4 Å². The third-order valence-corrected chi connectivity index (χ3v) is 4.65. The number of nitro groups is 1. The summed E-state index contributed by atoms with van der Waals surface area (Å²) in [5, 5.41) is 11.2. The molecule has 1 aromatic carbocycles. The second kappa shape index (κ2) is 10.2. The van der Waals surface area contributed by atoms with Crippen molar-refractivity contribution in [1.82, 2.24) is 4.57 Å². The van der Waals surface area contributed by atoms with Gasteiger partial charge in [0.15, 0.2) is 0 Å². The minimum atomic E-state index is -2.34. The van der Waals surface area contributed by atoms with Crippen molar-refractivity contribution in [3.63, 3.8) is 0 Å². The molecule has 2 rings (SSSR count). The van der Waals surface area contributed by atoms with Crippen molar-refractivity contribution in [2.45, 2.75) is 19.4 Å². The highest BCUT2D eigenvalue weighted by atomic mass is 31.2. The lowest BCUT2D eigenvalue weighted by molar-refractivity contribution is -0.385. The highest BCUT2D eigenvalue weighted by Crippen LogP contribution is 2.36. The molecule has 0 saturated heterocycles. The quantitative estimate of drug-likeness (QED) is 0.245. The molecule has 2 aromatic rings. The zero-order valence-corrected chi connectivity index (χ0v) is 17.0. The first-order valence-corrected chi connectivity index (χ1v) is 11.7. The standard InChI is InChI=1S/C19H25N2O6P/c1-28(2,25)15-27-17-8-9-18(21(23)24)16(14-17)6-5-12-26-13-11-20-10-4-3-7-19(20)22/h3-4,7-10,14H,5-6,11-13,15H2,1-2H3. The Hall–Kier alpha value is -2.44. The molecule has 0 amide bonds. The van der Waals surface area contributed by atoms with Crippen LogP contribution in [0.4, 0.5) is 5.69 Å². The van der Waals surface area contributed by atoms with E-state index in [2.05, 4.69) is 0 Å². The number of nitro benzene ring substituents is 1. The molecule has 152 valence electrons. The largest absolute Gasteiger partial charge is 0.486 e. The number of hydrogen-bond acceptors (Lipinski definition) is 6. The summed E-state index contributed by atoms with van der Waals surface area (Å²) in [7, 11) is -2.34. The van der Waals surface area contributed by atoms with Gasteiger partial charge in [-0.05, 0) is 44.4 Å². The maximum Gasteiger partial charge on any atom is 0.272 e. The molecule has 0 unspecified atom stereocenters. The molecule has 0 atom stereocenters. The number of ether oxygens (including phenoxy) is 2. The molecule has 0 bridgehead atoms. The summed E-state index contributed by atoms with van der Waals surface area (Å²) in [5.41, 5.74) is 0.494. The fraction of sp³-hybridized carbons (Fsp3) is 0.421. The van der Waals surface area contributed by atoms with E-state index in [9.17, 15) is 19.5 Å². The van der Waals surface area contributed by atoms with Crippen LogP contribution in [0.2, 0.25) is 0 Å². The van der Waals surface area contributed by atoms with Crippen molar-refractivity contribution >= 4 is 12.8 Å². The lowest BCUT2D eigenvalue weighted by atomic mass is 10.1. The average Bonchev–Trinajstić information content (AvgIpc) is 2.63. The number of rotatable bonds is 11. The van der Waals surface area contributed by atoms with E-state index in [1.54, 1.807) is 42.3 Å². The van der Waals surface area contributed by atoms with E-state index < -0.39 is 12.1 Å². The third kappa shape index (κ3) is 7.29. The van der Waals surface area contributed by atoms with Gasteiger partial charge in [-0.2, -0.15) is 0 Å². The minimum Gasteiger partial charge on any atom is -0.486 e. The molecule has 0 radical (unpaired) electrons. The van der Waals surface area contributed by atoms with Crippen LogP contribution < -0.4 is 10.3 Å². The molecule has 0 N–H and O–H groups in total. The summed E-state index contributed by atoms with van der Waals surface area (Å²) in [6.45, 7) is 4.51. The lowest BCUT2D eigenvalue weighted by Gasteiger charge is -2.11. The van der Waals surface area contributed by atoms with Crippen LogP contribution in [0.3, 0.4) is 0 Å². The Morgan fingerprint density at radius 1 is 1.18 bits per heavy atom. The first-order chi connectivity index (χ1) is 13.3. The SMILES string of the molecule is CP(C)(=O)COc1ccc([N+](=O)[O-])c(CCCOCCn2ccccc2=O)c1. The van der Waals surface area contributed by atoms with E-state index in [1.807, 2.05) is 0 Å². The van der Waals surface area contributed by atoms with Crippen LogP contribution in [-0.2, 0) is 22.3 Å². The van der Waals surface area contributed by atoms with E-state index in [0.29, 0.717) is 43.9 Å². The van der Waals surface area contributed by atoms with Gasteiger partial charge in [0.25, 0.3) is 11.2 Å². The normalized spacial score (nSPS) is 11.4. The molecule has 1 heterocycles. The maximum absolute atomic E-state index is 11.8. The monoisotopic (exact) mass is 408 g/mol. The first kappa shape index (κ1) is 21.9. The second-order valence-corrected chi connectivity index (χ2v) is 10.2. The fourth-order valence-corrected chi connectivity index (χ4v) is 2.99. The van der Waals surface area contributed by atoms with Crippen LogP contribution in [0.25, 0.3) is 0 Å². The smallest absolute Gasteiger partial charge is 0.272 e. The number of pyridine rings is 1. The van der Waals surface area contributed by atoms with E-state index in [-0.39, 0.29) is 17.6 Å². The Morgan fingerprint density at radius 2 is 1.96 bits per heavy atom. The predicted molar refractivity (Wildman–Crippen MR) is 108 cm³/mol. The molecule has 0 saturated carbocycles. The van der Waals surface area contributed by atoms with Crippen LogP contribution in [0.15, 0.2) is 47.4 Å². The van der Waals surface area contributed by atoms with Crippen molar-refractivity contribution < 1.29 is 19.0 Å². The molecule has 0 aliphatic heterocycles. The molecule has 9 heteroatoms. The van der Waals surface area contributed by atoms with Gasteiger partial charge in [0.05, 0.1) is 11.5 Å². The topological polar surface area (TPSA) is 101 Å². The van der Waals surface area contributed by atoms with Crippen LogP contribution >= 0.6 is 7.14 Å². The molecular formula is C19H25N2O6P. The fourth-order valence-electron chi connectivity index (χ4n) is 2.54. The van der Waals surface area contributed by atoms with E-state index >= 15 is 0 Å². The van der Waals surface area contributed by atoms with Crippen molar-refractivity contribution in [2.24, 2.45) is 0 Å². The molecule has 1 aromatic heterocycles. The minimum absolute atomic E-state index is 0.0272. The number of hydrogen-bond donors (Lipinski definition) is 0. The highest BCUT2D eigenvalue weighted by molar-refractivity contribution is 7.62. The summed E-state index contributed by atoms with van der Waals surface area (Å²) in [6, 6.07) is 9.51. The van der Waals surface area contributed by atoms with E-state index in [1.165, 1.54) is 18.2 Å². The van der Waals surface area contributed by atoms with Crippen molar-refractivity contribution in [3.05, 3.63) is 68.6 Å². The second-order valence-electron chi connectivity index (χ2n) is 6.84. The molecule has 0 fully saturated rings. The number of benzene rings is 1. The maximum atomic E-state index is 11.8. The van der Waals surface area contributed by atoms with E-state index in [4.69, 9.17) is 9.47 Å². The van der Waals surface area contributed by atoms with Gasteiger partial charge in [0.2, 0.25) is 0 Å². The van der Waals surface area contributed by atoms with Gasteiger partial charge in [-0.1, -0.05) is 6.07 Å². The molecule has 28 heavy (non-hydrogen) atoms. The van der Waals surface area contributed by atoms with Crippen LogP contribution in [0.1, 0.15) is 12.0 Å². The Kier molecular flexibility index (Phi) is 7.96. The summed E-state index contributed by atoms with van der Waals surface area (Å²) < 4.78 is 24.4. The Bertz CT molecular complexity index is 905. The zero-order chi connectivity index (χ0) is 20.6. The van der Waals surface area contributed by atoms with Crippen LogP contribution in [0, 0.1) is 10.1 Å². The summed E-state index contributed by atoms with van der Waals surface area (Å²) in [6.07, 6.45) is 2.83. The Balaban J connectivity index is 1.85. The van der Waals surface area contributed by atoms with Gasteiger partial charge in [-0.3, -0.25) is 14.9 Å². The summed E-state index contributed by atoms with van der Waals surface area (Å²) >= 11 is 0. The van der Waals surface area contributed by atoms with Gasteiger partial charge >= 0.3 is 0 Å². The Labute approximate surface area is 163 Å². The molecule has 8 nitrogen and oxygen atoms in total. The van der Waals surface area contributed by atoms with E-state index in [0.717, 1.165) is 0 Å². The number of aryl methyl sites for hydroxylation is 1. The van der Waals surface area contributed by atoms with Gasteiger partial charge in [-0.25, -0.2) is 0 Å². The molecule has 0 aliphatic rings. The molecular weight excluding hydrogens is 383 g/mol. The van der Waals surface area contributed by atoms with Gasteiger partial charge in [-0.15, -0.1) is 0 Å². The van der Waals surface area contributed by atoms with Crippen molar-refractivity contribution in [1.29, 1.82) is 0 Å². The van der Waals surface area contributed by atoms with Gasteiger partial charge in [0, 0.05) is 37.0 Å². The molecule has 0 aliphatic carbocycles. The lowest BCUT2D eigenvalue weighted by Crippen LogP contribution is -2.20.